The van der Waals surface area contributed by atoms with E-state index in [1.54, 1.807) is 19.1 Å². The van der Waals surface area contributed by atoms with Crippen molar-refractivity contribution in [1.82, 2.24) is 14.8 Å². The summed E-state index contributed by atoms with van der Waals surface area (Å²) in [4.78, 5) is 22.0. The maximum atomic E-state index is 12.3. The predicted octanol–water partition coefficient (Wildman–Crippen LogP) is 0.817. The lowest BCUT2D eigenvalue weighted by Gasteiger charge is -2.21. The van der Waals surface area contributed by atoms with E-state index in [0.29, 0.717) is 6.54 Å². The fourth-order valence-electron chi connectivity index (χ4n) is 2.29. The molecular formula is C15H20N6O5S. The second-order valence-corrected chi connectivity index (χ2v) is 7.18. The first-order valence-electron chi connectivity index (χ1n) is 7.99. The molecule has 0 bridgehead atoms. The minimum absolute atomic E-state index is 0.00648. The van der Waals surface area contributed by atoms with Crippen LogP contribution in [0.5, 0.6) is 0 Å². The Hall–Kier alpha value is -2.83. The number of hydrogen-bond acceptors (Lipinski definition) is 9. The van der Waals surface area contributed by atoms with Gasteiger partial charge in [-0.15, -0.1) is 4.83 Å². The van der Waals surface area contributed by atoms with Gasteiger partial charge in [-0.3, -0.25) is 15.5 Å². The number of aliphatic hydroxyl groups is 1. The second-order valence-electron chi connectivity index (χ2n) is 5.50. The van der Waals surface area contributed by atoms with Gasteiger partial charge in [-0.2, -0.15) is 0 Å². The Morgan fingerprint density at radius 3 is 2.48 bits per heavy atom. The summed E-state index contributed by atoms with van der Waals surface area (Å²) in [5.41, 5.74) is 2.68. The minimum atomic E-state index is -3.96. The maximum absolute atomic E-state index is 12.3. The minimum Gasteiger partial charge on any atom is -0.395 e. The highest BCUT2D eigenvalue weighted by Crippen LogP contribution is 2.31. The topological polar surface area (TPSA) is 151 Å². The first-order chi connectivity index (χ1) is 12.8. The van der Waals surface area contributed by atoms with E-state index >= 15 is 0 Å². The van der Waals surface area contributed by atoms with Gasteiger partial charge in [0.05, 0.1) is 16.4 Å². The molecule has 0 saturated carbocycles. The number of aliphatic hydroxyl groups excluding tert-OH is 1. The molecule has 0 spiro atoms. The van der Waals surface area contributed by atoms with Crippen molar-refractivity contribution in [2.24, 2.45) is 0 Å². The summed E-state index contributed by atoms with van der Waals surface area (Å²) in [5, 5.41) is 20.6. The van der Waals surface area contributed by atoms with Gasteiger partial charge in [0.2, 0.25) is 11.6 Å². The number of likely N-dealkylation sites (N-methyl/N-ethyl adjacent to an activating group) is 1. The Labute approximate surface area is 156 Å². The molecule has 0 fully saturated rings. The fraction of sp³-hybridized carbons (Fsp3) is 0.333. The summed E-state index contributed by atoms with van der Waals surface area (Å²) in [7, 11) is -3.96. The summed E-state index contributed by atoms with van der Waals surface area (Å²) < 4.78 is 24.7. The van der Waals surface area contributed by atoms with Gasteiger partial charge >= 0.3 is 5.69 Å². The van der Waals surface area contributed by atoms with Crippen LogP contribution in [-0.4, -0.2) is 48.1 Å². The van der Waals surface area contributed by atoms with Gasteiger partial charge in [0, 0.05) is 13.1 Å². The highest BCUT2D eigenvalue weighted by molar-refractivity contribution is 7.89. The zero-order valence-electron chi connectivity index (χ0n) is 14.8. The van der Waals surface area contributed by atoms with Gasteiger partial charge < -0.3 is 10.0 Å². The summed E-state index contributed by atoms with van der Waals surface area (Å²) in [5.74, 6) is -0.333. The monoisotopic (exact) mass is 396 g/mol. The lowest BCUT2D eigenvalue weighted by Crippen LogP contribution is -2.32. The van der Waals surface area contributed by atoms with Crippen LogP contribution in [0, 0.1) is 17.0 Å². The van der Waals surface area contributed by atoms with E-state index in [0.717, 1.165) is 11.9 Å². The van der Waals surface area contributed by atoms with Crippen molar-refractivity contribution in [2.75, 3.05) is 30.0 Å². The molecule has 0 radical (unpaired) electrons. The van der Waals surface area contributed by atoms with Crippen LogP contribution in [0.3, 0.4) is 0 Å². The first kappa shape index (κ1) is 20.5. The van der Waals surface area contributed by atoms with E-state index in [-0.39, 0.29) is 29.7 Å². The summed E-state index contributed by atoms with van der Waals surface area (Å²) in [6, 6.07) is 6.10. The van der Waals surface area contributed by atoms with Crippen molar-refractivity contribution in [1.29, 1.82) is 0 Å². The largest absolute Gasteiger partial charge is 0.395 e. The molecule has 0 unspecified atom stereocenters. The molecule has 0 atom stereocenters. The number of nitrogens with one attached hydrogen (secondary N) is 2. The van der Waals surface area contributed by atoms with Crippen molar-refractivity contribution < 1.29 is 18.4 Å². The highest BCUT2D eigenvalue weighted by atomic mass is 32.2. The lowest BCUT2D eigenvalue weighted by molar-refractivity contribution is -0.383. The lowest BCUT2D eigenvalue weighted by atomic mass is 10.2. The molecule has 1 aromatic carbocycles. The van der Waals surface area contributed by atoms with E-state index in [9.17, 15) is 18.5 Å². The van der Waals surface area contributed by atoms with Crippen LogP contribution >= 0.6 is 0 Å². The highest BCUT2D eigenvalue weighted by Gasteiger charge is 2.27. The van der Waals surface area contributed by atoms with E-state index in [4.69, 9.17) is 5.11 Å². The second kappa shape index (κ2) is 8.70. The third kappa shape index (κ3) is 4.87. The Morgan fingerprint density at radius 1 is 1.26 bits per heavy atom. The molecule has 0 amide bonds. The first-order valence-corrected chi connectivity index (χ1v) is 9.48. The van der Waals surface area contributed by atoms with Gasteiger partial charge in [0.1, 0.15) is 6.33 Å². The Kier molecular flexibility index (Phi) is 6.60. The molecule has 11 nitrogen and oxygen atoms in total. The Morgan fingerprint density at radius 2 is 1.93 bits per heavy atom. The third-order valence-corrected chi connectivity index (χ3v) is 4.94. The number of anilines is 2. The number of aromatic nitrogens is 2. The Balaban J connectivity index is 2.33. The fourth-order valence-corrected chi connectivity index (χ4v) is 3.13. The van der Waals surface area contributed by atoms with Crippen LogP contribution < -0.4 is 15.2 Å². The molecule has 146 valence electrons. The van der Waals surface area contributed by atoms with Crippen molar-refractivity contribution >= 4 is 27.3 Å². The number of rotatable bonds is 9. The summed E-state index contributed by atoms with van der Waals surface area (Å²) in [6.07, 6.45) is 1.07. The number of nitro groups is 1. The van der Waals surface area contributed by atoms with E-state index in [1.165, 1.54) is 17.0 Å². The maximum Gasteiger partial charge on any atom is 0.354 e. The molecule has 3 N–H and O–H groups in total. The molecule has 2 rings (SSSR count). The standard InChI is InChI=1S/C15H20N6O5S/c1-3-20(8-9-22)15-13(21(23)24)14(16-10-17-15)18-19-27(25,26)12-6-4-11(2)5-7-12/h4-7,10,19,22H,3,8-9H2,1-2H3,(H,16,17,18). The SMILES string of the molecule is CCN(CCO)c1ncnc(NNS(=O)(=O)c2ccc(C)cc2)c1[N+](=O)[O-]. The molecule has 0 aliphatic carbocycles. The number of sulfonamides is 1. The van der Waals surface area contributed by atoms with E-state index in [2.05, 4.69) is 20.2 Å². The van der Waals surface area contributed by atoms with Gasteiger partial charge in [0.25, 0.3) is 10.0 Å². The molecule has 1 aromatic heterocycles. The average Bonchev–Trinajstić information content (AvgIpc) is 2.64. The molecule has 2 aromatic rings. The quantitative estimate of drug-likeness (QED) is 0.413. The van der Waals surface area contributed by atoms with E-state index in [1.807, 2.05) is 6.92 Å². The predicted molar refractivity (Wildman–Crippen MR) is 98.8 cm³/mol. The van der Waals surface area contributed by atoms with Crippen LogP contribution in [0.15, 0.2) is 35.5 Å². The van der Waals surface area contributed by atoms with Crippen LogP contribution in [0.4, 0.5) is 17.3 Å². The number of hydrogen-bond donors (Lipinski definition) is 3. The van der Waals surface area contributed by atoms with Crippen LogP contribution in [0.1, 0.15) is 12.5 Å². The average molecular weight is 396 g/mol. The normalized spacial score (nSPS) is 11.2. The number of aryl methyl sites for hydroxylation is 1. The zero-order valence-corrected chi connectivity index (χ0v) is 15.6. The van der Waals surface area contributed by atoms with E-state index < -0.39 is 20.6 Å². The van der Waals surface area contributed by atoms with Gasteiger partial charge in [-0.1, -0.05) is 17.7 Å². The van der Waals surface area contributed by atoms with Gasteiger partial charge in [-0.05, 0) is 26.0 Å². The smallest absolute Gasteiger partial charge is 0.354 e. The number of benzene rings is 1. The third-order valence-electron chi connectivity index (χ3n) is 3.67. The molecular weight excluding hydrogens is 376 g/mol. The molecule has 1 heterocycles. The van der Waals surface area contributed by atoms with Crippen LogP contribution in [-0.2, 0) is 10.0 Å². The summed E-state index contributed by atoms with van der Waals surface area (Å²) >= 11 is 0. The molecule has 0 aliphatic rings. The van der Waals surface area contributed by atoms with Crippen LogP contribution in [0.25, 0.3) is 0 Å². The van der Waals surface area contributed by atoms with Crippen molar-refractivity contribution in [2.45, 2.75) is 18.7 Å². The van der Waals surface area contributed by atoms with Crippen molar-refractivity contribution in [3.05, 3.63) is 46.3 Å². The van der Waals surface area contributed by atoms with Gasteiger partial charge in [-0.25, -0.2) is 18.4 Å². The van der Waals surface area contributed by atoms with Crippen molar-refractivity contribution in [3.63, 3.8) is 0 Å². The molecule has 12 heteroatoms. The molecule has 0 aliphatic heterocycles. The molecule has 0 saturated heterocycles. The van der Waals surface area contributed by atoms with Gasteiger partial charge in [0.15, 0.2) is 0 Å². The summed E-state index contributed by atoms with van der Waals surface area (Å²) in [6.45, 7) is 3.82. The molecule has 27 heavy (non-hydrogen) atoms. The van der Waals surface area contributed by atoms with Crippen LogP contribution in [0.2, 0.25) is 0 Å². The zero-order chi connectivity index (χ0) is 20.0. The number of nitrogens with zero attached hydrogens (tertiary/aromatic N) is 4. The Bertz CT molecular complexity index is 903. The number of hydrazine groups is 1. The van der Waals surface area contributed by atoms with Crippen molar-refractivity contribution in [3.8, 4) is 0 Å².